The average Bonchev–Trinajstić information content (AvgIpc) is 2.72. The van der Waals surface area contributed by atoms with E-state index in [2.05, 4.69) is 25.8 Å². The van der Waals surface area contributed by atoms with Crippen LogP contribution in [-0.4, -0.2) is 11.1 Å². The zero-order valence-electron chi connectivity index (χ0n) is 13.1. The summed E-state index contributed by atoms with van der Waals surface area (Å²) in [5.74, 6) is 1.53. The van der Waals surface area contributed by atoms with Gasteiger partial charge in [-0.25, -0.2) is 4.98 Å². The quantitative estimate of drug-likeness (QED) is 0.918. The first-order chi connectivity index (χ1) is 9.38. The van der Waals surface area contributed by atoms with Crippen LogP contribution in [-0.2, 0) is 6.54 Å². The number of hydrogen-bond donors (Lipinski definition) is 1. The van der Waals surface area contributed by atoms with Gasteiger partial charge >= 0.3 is 0 Å². The predicted molar refractivity (Wildman–Crippen MR) is 80.5 cm³/mol. The molecule has 3 atom stereocenters. The molecule has 0 amide bonds. The fraction of sp³-hybridized carbons (Fsp3) is 0.706. The van der Waals surface area contributed by atoms with Gasteiger partial charge < -0.3 is 10.5 Å². The third-order valence-electron chi connectivity index (χ3n) is 6.27. The van der Waals surface area contributed by atoms with Crippen molar-refractivity contribution in [1.29, 1.82) is 0 Å². The van der Waals surface area contributed by atoms with Crippen LogP contribution in [0.15, 0.2) is 12.1 Å². The summed E-state index contributed by atoms with van der Waals surface area (Å²) in [5.41, 5.74) is 8.45. The average molecular weight is 274 g/mol. The highest BCUT2D eigenvalue weighted by Gasteiger charge is 2.62. The van der Waals surface area contributed by atoms with Gasteiger partial charge in [0, 0.05) is 23.2 Å². The van der Waals surface area contributed by atoms with Gasteiger partial charge in [0.1, 0.15) is 6.10 Å². The van der Waals surface area contributed by atoms with Gasteiger partial charge in [-0.15, -0.1) is 0 Å². The molecule has 0 radical (unpaired) electrons. The lowest BCUT2D eigenvalue weighted by atomic mass is 9.70. The van der Waals surface area contributed by atoms with Crippen LogP contribution in [0, 0.1) is 23.7 Å². The molecule has 2 aliphatic carbocycles. The molecule has 0 aromatic carbocycles. The second kappa shape index (κ2) is 4.45. The molecule has 1 aromatic rings. The Balaban J connectivity index is 1.88. The van der Waals surface area contributed by atoms with Crippen LogP contribution in [0.1, 0.15) is 51.3 Å². The van der Waals surface area contributed by atoms with Crippen molar-refractivity contribution in [3.05, 3.63) is 23.4 Å². The molecule has 2 bridgehead atoms. The van der Waals surface area contributed by atoms with E-state index in [9.17, 15) is 0 Å². The zero-order valence-corrected chi connectivity index (χ0v) is 13.1. The molecular formula is C17H26N2O. The van der Waals surface area contributed by atoms with Gasteiger partial charge in [-0.05, 0) is 43.6 Å². The largest absolute Gasteiger partial charge is 0.474 e. The molecule has 1 aromatic heterocycles. The molecule has 2 fully saturated rings. The van der Waals surface area contributed by atoms with E-state index in [4.69, 9.17) is 10.5 Å². The maximum absolute atomic E-state index is 6.36. The second-order valence-electron chi connectivity index (χ2n) is 7.34. The minimum Gasteiger partial charge on any atom is -0.474 e. The summed E-state index contributed by atoms with van der Waals surface area (Å²) in [5, 5.41) is 0. The van der Waals surface area contributed by atoms with Crippen molar-refractivity contribution in [1.82, 2.24) is 4.98 Å². The van der Waals surface area contributed by atoms with Crippen LogP contribution < -0.4 is 10.5 Å². The second-order valence-corrected chi connectivity index (χ2v) is 7.34. The van der Waals surface area contributed by atoms with E-state index in [-0.39, 0.29) is 11.5 Å². The number of hydrogen-bond acceptors (Lipinski definition) is 3. The molecule has 3 heteroatoms. The lowest BCUT2D eigenvalue weighted by Gasteiger charge is -2.38. The van der Waals surface area contributed by atoms with Crippen molar-refractivity contribution in [2.24, 2.45) is 22.5 Å². The number of aromatic nitrogens is 1. The van der Waals surface area contributed by atoms with Crippen molar-refractivity contribution < 1.29 is 4.74 Å². The minimum atomic E-state index is 0.259. The van der Waals surface area contributed by atoms with E-state index >= 15 is 0 Å². The fourth-order valence-corrected chi connectivity index (χ4v) is 4.26. The highest BCUT2D eigenvalue weighted by molar-refractivity contribution is 5.29. The standard InChI is InChI=1S/C17H26N2O/c1-11-5-6-12(10-18)15(19-11)20-14-9-13-7-8-17(14,4)16(13,2)3/h5-6,13-14H,7-10,18H2,1-4H3. The van der Waals surface area contributed by atoms with Gasteiger partial charge in [-0.1, -0.05) is 26.8 Å². The lowest BCUT2D eigenvalue weighted by Crippen LogP contribution is -2.39. The normalized spacial score (nSPS) is 34.5. The van der Waals surface area contributed by atoms with Gasteiger partial charge in [0.05, 0.1) is 0 Å². The van der Waals surface area contributed by atoms with E-state index in [0.717, 1.165) is 29.5 Å². The maximum atomic E-state index is 6.36. The van der Waals surface area contributed by atoms with Crippen molar-refractivity contribution in [2.45, 2.75) is 59.6 Å². The molecule has 110 valence electrons. The Morgan fingerprint density at radius 1 is 1.35 bits per heavy atom. The predicted octanol–water partition coefficient (Wildman–Crippen LogP) is 3.44. The van der Waals surface area contributed by atoms with Crippen LogP contribution in [0.3, 0.4) is 0 Å². The van der Waals surface area contributed by atoms with Crippen molar-refractivity contribution in [2.75, 3.05) is 0 Å². The highest BCUT2D eigenvalue weighted by atomic mass is 16.5. The Kier molecular flexibility index (Phi) is 3.09. The van der Waals surface area contributed by atoms with Gasteiger partial charge in [0.25, 0.3) is 0 Å². The number of pyridine rings is 1. The zero-order chi connectivity index (χ0) is 14.5. The van der Waals surface area contributed by atoms with Gasteiger partial charge in [-0.2, -0.15) is 0 Å². The van der Waals surface area contributed by atoms with E-state index in [1.807, 2.05) is 19.1 Å². The minimum absolute atomic E-state index is 0.259. The van der Waals surface area contributed by atoms with Crippen molar-refractivity contribution in [3.63, 3.8) is 0 Å². The Morgan fingerprint density at radius 3 is 2.65 bits per heavy atom. The Hall–Kier alpha value is -1.09. The smallest absolute Gasteiger partial charge is 0.218 e. The monoisotopic (exact) mass is 274 g/mol. The molecule has 2 aliphatic rings. The number of fused-ring (bicyclic) bond motifs is 2. The molecule has 0 aliphatic heterocycles. The first-order valence-corrected chi connectivity index (χ1v) is 7.72. The summed E-state index contributed by atoms with van der Waals surface area (Å²) >= 11 is 0. The van der Waals surface area contributed by atoms with Crippen LogP contribution in [0.5, 0.6) is 5.88 Å². The summed E-state index contributed by atoms with van der Waals surface area (Å²) in [4.78, 5) is 4.57. The summed E-state index contributed by atoms with van der Waals surface area (Å²) < 4.78 is 6.36. The Bertz CT molecular complexity index is 526. The van der Waals surface area contributed by atoms with E-state index in [1.54, 1.807) is 0 Å². The number of rotatable bonds is 3. The fourth-order valence-electron chi connectivity index (χ4n) is 4.26. The van der Waals surface area contributed by atoms with Gasteiger partial charge in [0.15, 0.2) is 0 Å². The van der Waals surface area contributed by atoms with Crippen molar-refractivity contribution >= 4 is 0 Å². The highest BCUT2D eigenvalue weighted by Crippen LogP contribution is 2.66. The molecule has 3 nitrogen and oxygen atoms in total. The summed E-state index contributed by atoms with van der Waals surface area (Å²) in [6.07, 6.45) is 4.03. The van der Waals surface area contributed by atoms with Crippen LogP contribution in [0.2, 0.25) is 0 Å². The maximum Gasteiger partial charge on any atom is 0.218 e. The molecule has 1 heterocycles. The topological polar surface area (TPSA) is 48.1 Å². The van der Waals surface area contributed by atoms with Gasteiger partial charge in [0.2, 0.25) is 5.88 Å². The first-order valence-electron chi connectivity index (χ1n) is 7.72. The van der Waals surface area contributed by atoms with E-state index in [0.29, 0.717) is 12.0 Å². The summed E-state index contributed by atoms with van der Waals surface area (Å²) in [6, 6.07) is 4.04. The molecule has 20 heavy (non-hydrogen) atoms. The molecule has 3 unspecified atom stereocenters. The van der Waals surface area contributed by atoms with Crippen LogP contribution in [0.25, 0.3) is 0 Å². The third kappa shape index (κ3) is 1.79. The Labute approximate surface area is 121 Å². The van der Waals surface area contributed by atoms with E-state index in [1.165, 1.54) is 12.8 Å². The third-order valence-corrected chi connectivity index (χ3v) is 6.27. The molecule has 2 N–H and O–H groups in total. The SMILES string of the molecule is Cc1ccc(CN)c(OC2CC3CCC2(C)C3(C)C)n1. The lowest BCUT2D eigenvalue weighted by molar-refractivity contribution is 0.0266. The molecule has 3 rings (SSSR count). The first kappa shape index (κ1) is 13.9. The number of ether oxygens (including phenoxy) is 1. The Morgan fingerprint density at radius 2 is 2.10 bits per heavy atom. The number of aryl methyl sites for hydroxylation is 1. The number of nitrogens with two attached hydrogens (primary N) is 1. The molecular weight excluding hydrogens is 248 g/mol. The van der Waals surface area contributed by atoms with Crippen LogP contribution >= 0.6 is 0 Å². The summed E-state index contributed by atoms with van der Waals surface area (Å²) in [6.45, 7) is 9.68. The summed E-state index contributed by atoms with van der Waals surface area (Å²) in [7, 11) is 0. The van der Waals surface area contributed by atoms with Crippen LogP contribution in [0.4, 0.5) is 0 Å². The van der Waals surface area contributed by atoms with Crippen molar-refractivity contribution in [3.8, 4) is 5.88 Å². The molecule has 0 saturated heterocycles. The van der Waals surface area contributed by atoms with Gasteiger partial charge in [-0.3, -0.25) is 0 Å². The van der Waals surface area contributed by atoms with E-state index < -0.39 is 0 Å². The molecule has 2 saturated carbocycles. The molecule has 0 spiro atoms. The number of nitrogens with zero attached hydrogens (tertiary/aromatic N) is 1.